The molecule has 0 unspecified atom stereocenters. The SMILES string of the molecule is CC[N+](CC)(CC)CCN(C)CC[N+](CC)(CC)CC. The first kappa shape index (κ1) is 19.9. The Labute approximate surface area is 128 Å². The highest BCUT2D eigenvalue weighted by Gasteiger charge is 2.23. The van der Waals surface area contributed by atoms with Crippen LogP contribution in [0.25, 0.3) is 0 Å². The average Bonchev–Trinajstić information content (AvgIpc) is 2.51. The van der Waals surface area contributed by atoms with Crippen molar-refractivity contribution in [3.63, 3.8) is 0 Å². The number of likely N-dealkylation sites (N-methyl/N-ethyl adjacent to an activating group) is 3. The molecule has 0 amide bonds. The molecule has 0 fully saturated rings. The van der Waals surface area contributed by atoms with Gasteiger partial charge in [-0.1, -0.05) is 0 Å². The van der Waals surface area contributed by atoms with Crippen LogP contribution in [0.2, 0.25) is 0 Å². The van der Waals surface area contributed by atoms with Gasteiger partial charge in [0, 0.05) is 13.1 Å². The van der Waals surface area contributed by atoms with Crippen LogP contribution in [-0.4, -0.2) is 86.4 Å². The van der Waals surface area contributed by atoms with E-state index in [9.17, 15) is 0 Å². The summed E-state index contributed by atoms with van der Waals surface area (Å²) in [6, 6.07) is 0. The summed E-state index contributed by atoms with van der Waals surface area (Å²) < 4.78 is 2.53. The van der Waals surface area contributed by atoms with E-state index in [1.807, 2.05) is 0 Å². The van der Waals surface area contributed by atoms with E-state index in [0.29, 0.717) is 0 Å². The lowest BCUT2D eigenvalue weighted by Crippen LogP contribution is -2.53. The van der Waals surface area contributed by atoms with E-state index in [0.717, 1.165) is 0 Å². The van der Waals surface area contributed by atoms with Crippen LogP contribution < -0.4 is 0 Å². The Bertz CT molecular complexity index is 192. The van der Waals surface area contributed by atoms with Crippen LogP contribution in [0.4, 0.5) is 0 Å². The smallest absolute Gasteiger partial charge is 0.0915 e. The number of rotatable bonds is 12. The van der Waals surface area contributed by atoms with Gasteiger partial charge in [0.15, 0.2) is 0 Å². The molecular formula is C17H41N3+2. The van der Waals surface area contributed by atoms with Crippen LogP contribution in [0.1, 0.15) is 41.5 Å². The van der Waals surface area contributed by atoms with Crippen LogP contribution in [0.15, 0.2) is 0 Å². The van der Waals surface area contributed by atoms with E-state index in [-0.39, 0.29) is 0 Å². The second kappa shape index (κ2) is 9.75. The minimum atomic E-state index is 1.23. The van der Waals surface area contributed by atoms with Gasteiger partial charge in [0.25, 0.3) is 0 Å². The minimum absolute atomic E-state index is 1.23. The predicted octanol–water partition coefficient (Wildman–Crippen LogP) is 2.67. The third-order valence-corrected chi connectivity index (χ3v) is 5.94. The summed E-state index contributed by atoms with van der Waals surface area (Å²) in [6.07, 6.45) is 0. The monoisotopic (exact) mass is 287 g/mol. The molecule has 3 heteroatoms. The molecule has 0 N–H and O–H groups in total. The first-order valence-corrected chi connectivity index (χ1v) is 8.85. The van der Waals surface area contributed by atoms with Crippen molar-refractivity contribution in [3.8, 4) is 0 Å². The van der Waals surface area contributed by atoms with Crippen molar-refractivity contribution in [1.29, 1.82) is 0 Å². The first-order valence-electron chi connectivity index (χ1n) is 8.85. The Balaban J connectivity index is 4.26. The fraction of sp³-hybridized carbons (Fsp3) is 1.00. The van der Waals surface area contributed by atoms with Gasteiger partial charge in [-0.15, -0.1) is 0 Å². The first-order chi connectivity index (χ1) is 9.46. The second-order valence-electron chi connectivity index (χ2n) is 6.33. The van der Waals surface area contributed by atoms with E-state index >= 15 is 0 Å². The van der Waals surface area contributed by atoms with Crippen LogP contribution in [-0.2, 0) is 0 Å². The molecule has 0 saturated carbocycles. The number of quaternary nitrogens is 2. The number of hydrogen-bond donors (Lipinski definition) is 0. The Morgan fingerprint density at radius 1 is 0.550 bits per heavy atom. The van der Waals surface area contributed by atoms with Crippen LogP contribution >= 0.6 is 0 Å². The van der Waals surface area contributed by atoms with Gasteiger partial charge < -0.3 is 8.97 Å². The van der Waals surface area contributed by atoms with E-state index in [1.54, 1.807) is 0 Å². The molecule has 0 aromatic carbocycles. The van der Waals surface area contributed by atoms with Crippen molar-refractivity contribution in [2.45, 2.75) is 41.5 Å². The van der Waals surface area contributed by atoms with E-state index in [1.165, 1.54) is 74.4 Å². The van der Waals surface area contributed by atoms with Gasteiger partial charge in [0.1, 0.15) is 0 Å². The fourth-order valence-corrected chi connectivity index (χ4v) is 3.17. The van der Waals surface area contributed by atoms with Crippen LogP contribution in [0, 0.1) is 0 Å². The summed E-state index contributed by atoms with van der Waals surface area (Å²) in [5.41, 5.74) is 0. The zero-order valence-corrected chi connectivity index (χ0v) is 15.4. The van der Waals surface area contributed by atoms with Crippen molar-refractivity contribution in [2.75, 3.05) is 72.5 Å². The quantitative estimate of drug-likeness (QED) is 0.499. The van der Waals surface area contributed by atoms with Crippen molar-refractivity contribution in [3.05, 3.63) is 0 Å². The Morgan fingerprint density at radius 3 is 1.00 bits per heavy atom. The molecule has 0 aliphatic rings. The van der Waals surface area contributed by atoms with Gasteiger partial charge in [-0.3, -0.25) is 4.90 Å². The normalized spacial score (nSPS) is 13.2. The van der Waals surface area contributed by atoms with Crippen LogP contribution in [0.3, 0.4) is 0 Å². The molecule has 0 aliphatic heterocycles. The maximum Gasteiger partial charge on any atom is 0.0915 e. The highest BCUT2D eigenvalue weighted by Crippen LogP contribution is 2.08. The Morgan fingerprint density at radius 2 is 0.800 bits per heavy atom. The van der Waals surface area contributed by atoms with Gasteiger partial charge in [-0.25, -0.2) is 0 Å². The molecule has 0 aromatic heterocycles. The highest BCUT2D eigenvalue weighted by atomic mass is 15.4. The van der Waals surface area contributed by atoms with Crippen molar-refractivity contribution in [2.24, 2.45) is 0 Å². The van der Waals surface area contributed by atoms with Crippen molar-refractivity contribution < 1.29 is 8.97 Å². The molecule has 3 nitrogen and oxygen atoms in total. The standard InChI is InChI=1S/C17H41N3/c1-8-19(9-2,10-3)16-14-18(7)15-17-20(11-4,12-5)13-6/h8-17H2,1-7H3/q+2. The fourth-order valence-electron chi connectivity index (χ4n) is 3.17. The number of hydrogen-bond acceptors (Lipinski definition) is 1. The molecule has 0 radical (unpaired) electrons. The summed E-state index contributed by atoms with van der Waals surface area (Å²) >= 11 is 0. The second-order valence-corrected chi connectivity index (χ2v) is 6.33. The number of nitrogens with zero attached hydrogens (tertiary/aromatic N) is 3. The van der Waals surface area contributed by atoms with Gasteiger partial charge in [0.2, 0.25) is 0 Å². The molecule has 0 bridgehead atoms. The summed E-state index contributed by atoms with van der Waals surface area (Å²) in [5.74, 6) is 0. The molecule has 0 aliphatic carbocycles. The topological polar surface area (TPSA) is 3.24 Å². The molecule has 0 spiro atoms. The summed E-state index contributed by atoms with van der Waals surface area (Å²) in [7, 11) is 2.30. The van der Waals surface area contributed by atoms with E-state index in [2.05, 4.69) is 53.5 Å². The van der Waals surface area contributed by atoms with Crippen molar-refractivity contribution >= 4 is 0 Å². The predicted molar refractivity (Wildman–Crippen MR) is 91.0 cm³/mol. The third kappa shape index (κ3) is 5.71. The van der Waals surface area contributed by atoms with Crippen LogP contribution in [0.5, 0.6) is 0 Å². The zero-order chi connectivity index (χ0) is 15.6. The Kier molecular flexibility index (Phi) is 9.69. The zero-order valence-electron chi connectivity index (χ0n) is 15.4. The lowest BCUT2D eigenvalue weighted by atomic mass is 10.3. The van der Waals surface area contributed by atoms with E-state index < -0.39 is 0 Å². The van der Waals surface area contributed by atoms with Gasteiger partial charge in [0.05, 0.1) is 52.4 Å². The average molecular weight is 288 g/mol. The summed E-state index contributed by atoms with van der Waals surface area (Å²) in [4.78, 5) is 2.54. The molecule has 0 atom stereocenters. The molecule has 20 heavy (non-hydrogen) atoms. The van der Waals surface area contributed by atoms with E-state index in [4.69, 9.17) is 0 Å². The molecule has 0 heterocycles. The lowest BCUT2D eigenvalue weighted by molar-refractivity contribution is -0.925. The summed E-state index contributed by atoms with van der Waals surface area (Å²) in [5, 5.41) is 0. The molecular weight excluding hydrogens is 246 g/mol. The minimum Gasteiger partial charge on any atom is -0.323 e. The largest absolute Gasteiger partial charge is 0.323 e. The molecule has 0 aromatic rings. The van der Waals surface area contributed by atoms with Gasteiger partial charge >= 0.3 is 0 Å². The van der Waals surface area contributed by atoms with Crippen molar-refractivity contribution in [1.82, 2.24) is 4.90 Å². The van der Waals surface area contributed by atoms with Gasteiger partial charge in [-0.05, 0) is 48.6 Å². The molecule has 0 rings (SSSR count). The summed E-state index contributed by atoms with van der Waals surface area (Å²) in [6.45, 7) is 26.6. The molecule has 0 saturated heterocycles. The third-order valence-electron chi connectivity index (χ3n) is 5.94. The highest BCUT2D eigenvalue weighted by molar-refractivity contribution is 4.53. The maximum atomic E-state index is 2.54. The van der Waals surface area contributed by atoms with Gasteiger partial charge in [-0.2, -0.15) is 0 Å². The molecule has 122 valence electrons. The maximum absolute atomic E-state index is 2.54. The lowest BCUT2D eigenvalue weighted by Gasteiger charge is -2.39. The Hall–Kier alpha value is -0.120.